The zero-order valence-corrected chi connectivity index (χ0v) is 17.7. The molecule has 1 aliphatic heterocycles. The van der Waals surface area contributed by atoms with Crippen LogP contribution in [0.25, 0.3) is 0 Å². The average Bonchev–Trinajstić information content (AvgIpc) is 2.66. The molecule has 0 aromatic heterocycles. The fraction of sp³-hybridized carbons (Fsp3) is 0.650. The molecule has 1 aromatic rings. The van der Waals surface area contributed by atoms with Crippen molar-refractivity contribution in [2.75, 3.05) is 13.7 Å². The molecule has 1 unspecified atom stereocenters. The number of carbonyl (C=O) groups is 1. The molecule has 0 radical (unpaired) electrons. The SMILES string of the molecule is COc1ccc(COC[C@@H](OC(=O)C2CCC3(CC2)CC(Br)N3)C(F)(F)F)cc1. The number of methoxy groups -OCH3 is 1. The van der Waals surface area contributed by atoms with Gasteiger partial charge in [0.25, 0.3) is 0 Å². The van der Waals surface area contributed by atoms with E-state index in [9.17, 15) is 18.0 Å². The normalized spacial score (nSPS) is 27.9. The molecule has 1 saturated carbocycles. The molecule has 1 N–H and O–H groups in total. The van der Waals surface area contributed by atoms with Gasteiger partial charge in [-0.25, -0.2) is 0 Å². The van der Waals surface area contributed by atoms with Crippen LogP contribution in [0.5, 0.6) is 5.75 Å². The van der Waals surface area contributed by atoms with Gasteiger partial charge in [0.05, 0.1) is 31.2 Å². The Morgan fingerprint density at radius 1 is 1.28 bits per heavy atom. The minimum absolute atomic E-state index is 0.0144. The Labute approximate surface area is 176 Å². The van der Waals surface area contributed by atoms with Crippen LogP contribution in [-0.4, -0.2) is 42.5 Å². The number of esters is 1. The van der Waals surface area contributed by atoms with Crippen LogP contribution in [0.15, 0.2) is 24.3 Å². The maximum absolute atomic E-state index is 13.3. The molecule has 29 heavy (non-hydrogen) atoms. The summed E-state index contributed by atoms with van der Waals surface area (Å²) in [7, 11) is 1.53. The molecule has 1 spiro atoms. The molecule has 1 heterocycles. The predicted molar refractivity (Wildman–Crippen MR) is 104 cm³/mol. The smallest absolute Gasteiger partial charge is 0.427 e. The second-order valence-electron chi connectivity index (χ2n) is 7.70. The lowest BCUT2D eigenvalue weighted by Crippen LogP contribution is -2.62. The van der Waals surface area contributed by atoms with Gasteiger partial charge in [-0.15, -0.1) is 0 Å². The number of carbonyl (C=O) groups excluding carboxylic acids is 1. The maximum Gasteiger partial charge on any atom is 0.427 e. The van der Waals surface area contributed by atoms with Crippen LogP contribution >= 0.6 is 15.9 Å². The van der Waals surface area contributed by atoms with Gasteiger partial charge in [0.1, 0.15) is 5.75 Å². The monoisotopic (exact) mass is 479 g/mol. The Morgan fingerprint density at radius 3 is 2.41 bits per heavy atom. The molecule has 3 rings (SSSR count). The third kappa shape index (κ3) is 5.86. The van der Waals surface area contributed by atoms with Crippen LogP contribution in [-0.2, 0) is 20.9 Å². The minimum atomic E-state index is -4.68. The van der Waals surface area contributed by atoms with E-state index in [1.807, 2.05) is 0 Å². The first-order valence-electron chi connectivity index (χ1n) is 9.60. The van der Waals surface area contributed by atoms with Gasteiger partial charge in [-0.3, -0.25) is 10.1 Å². The average molecular weight is 480 g/mol. The zero-order chi connectivity index (χ0) is 21.1. The summed E-state index contributed by atoms with van der Waals surface area (Å²) >= 11 is 3.47. The summed E-state index contributed by atoms with van der Waals surface area (Å²) < 4.78 is 55.0. The van der Waals surface area contributed by atoms with Gasteiger partial charge in [0, 0.05) is 5.54 Å². The summed E-state index contributed by atoms with van der Waals surface area (Å²) in [5.74, 6) is -0.637. The number of alkyl halides is 4. The van der Waals surface area contributed by atoms with E-state index in [1.54, 1.807) is 24.3 Å². The third-order valence-corrected chi connectivity index (χ3v) is 6.18. The number of rotatable bonds is 7. The van der Waals surface area contributed by atoms with Gasteiger partial charge in [0.15, 0.2) is 0 Å². The fourth-order valence-electron chi connectivity index (χ4n) is 3.85. The molecule has 5 nitrogen and oxygen atoms in total. The van der Waals surface area contributed by atoms with Gasteiger partial charge in [-0.1, -0.05) is 28.1 Å². The van der Waals surface area contributed by atoms with Crippen molar-refractivity contribution in [1.29, 1.82) is 0 Å². The fourth-order valence-corrected chi connectivity index (χ4v) is 4.95. The Bertz CT molecular complexity index is 682. The lowest BCUT2D eigenvalue weighted by Gasteiger charge is -2.50. The maximum atomic E-state index is 13.3. The van der Waals surface area contributed by atoms with Crippen molar-refractivity contribution in [3.8, 4) is 5.75 Å². The van der Waals surface area contributed by atoms with Gasteiger partial charge in [0.2, 0.25) is 6.10 Å². The summed E-state index contributed by atoms with van der Waals surface area (Å²) in [5.41, 5.74) is 0.726. The highest BCUT2D eigenvalue weighted by Gasteiger charge is 2.48. The molecule has 1 saturated heterocycles. The molecule has 1 aliphatic carbocycles. The number of halogens is 4. The van der Waals surface area contributed by atoms with E-state index in [0.717, 1.165) is 19.3 Å². The standard InChI is InChI=1S/C20H25BrF3NO4/c1-27-15-4-2-13(3-5-15)11-28-12-16(20(22,23)24)29-18(26)14-6-8-19(9-7-14)10-17(21)25-19/h2-5,14,16-17,25H,6-12H2,1H3/t14?,16-,17?,19?/m1/s1. The number of hydrogen-bond acceptors (Lipinski definition) is 5. The molecule has 1 aromatic carbocycles. The van der Waals surface area contributed by atoms with Gasteiger partial charge in [-0.05, 0) is 49.8 Å². The molecule has 0 bridgehead atoms. The zero-order valence-electron chi connectivity index (χ0n) is 16.1. The number of hydrogen-bond donors (Lipinski definition) is 1. The molecular formula is C20H25BrF3NO4. The van der Waals surface area contributed by atoms with Crippen molar-refractivity contribution in [2.24, 2.45) is 5.92 Å². The summed E-state index contributed by atoms with van der Waals surface area (Å²) in [5, 5.41) is 3.39. The van der Waals surface area contributed by atoms with E-state index < -0.39 is 30.8 Å². The number of nitrogens with one attached hydrogen (secondary N) is 1. The molecule has 2 atom stereocenters. The Balaban J connectivity index is 1.47. The van der Waals surface area contributed by atoms with Crippen LogP contribution < -0.4 is 10.1 Å². The highest BCUT2D eigenvalue weighted by atomic mass is 79.9. The van der Waals surface area contributed by atoms with Crippen LogP contribution in [0.4, 0.5) is 13.2 Å². The number of ether oxygens (including phenoxy) is 3. The summed E-state index contributed by atoms with van der Waals surface area (Å²) in [4.78, 5) is 12.6. The minimum Gasteiger partial charge on any atom is -0.497 e. The summed E-state index contributed by atoms with van der Waals surface area (Å²) in [6.45, 7) is -0.746. The highest BCUT2D eigenvalue weighted by Crippen LogP contribution is 2.42. The van der Waals surface area contributed by atoms with E-state index in [0.29, 0.717) is 24.2 Å². The van der Waals surface area contributed by atoms with E-state index in [4.69, 9.17) is 14.2 Å². The molecule has 2 aliphatic rings. The van der Waals surface area contributed by atoms with Crippen molar-refractivity contribution in [3.63, 3.8) is 0 Å². The molecule has 162 valence electrons. The lowest BCUT2D eigenvalue weighted by molar-refractivity contribution is -0.235. The first-order chi connectivity index (χ1) is 13.7. The summed E-state index contributed by atoms with van der Waals surface area (Å²) in [6.07, 6.45) is -3.38. The van der Waals surface area contributed by atoms with Crippen molar-refractivity contribution in [1.82, 2.24) is 5.32 Å². The highest BCUT2D eigenvalue weighted by molar-refractivity contribution is 9.09. The van der Waals surface area contributed by atoms with Crippen LogP contribution in [0.1, 0.15) is 37.7 Å². The quantitative estimate of drug-likeness (QED) is 0.358. The third-order valence-electron chi connectivity index (χ3n) is 5.63. The predicted octanol–water partition coefficient (Wildman–Crippen LogP) is 4.33. The first-order valence-corrected chi connectivity index (χ1v) is 10.5. The Hall–Kier alpha value is -1.32. The lowest BCUT2D eigenvalue weighted by atomic mass is 9.71. The van der Waals surface area contributed by atoms with E-state index >= 15 is 0 Å². The molecule has 0 amide bonds. The van der Waals surface area contributed by atoms with E-state index in [-0.39, 0.29) is 17.1 Å². The Morgan fingerprint density at radius 2 is 1.90 bits per heavy atom. The van der Waals surface area contributed by atoms with Crippen molar-refractivity contribution in [2.45, 2.75) is 61.5 Å². The first kappa shape index (κ1) is 22.4. The van der Waals surface area contributed by atoms with E-state index in [2.05, 4.69) is 21.2 Å². The van der Waals surface area contributed by atoms with Crippen LogP contribution in [0.3, 0.4) is 0 Å². The Kier molecular flexibility index (Phi) is 7.11. The van der Waals surface area contributed by atoms with Gasteiger partial charge in [-0.2, -0.15) is 13.2 Å². The van der Waals surface area contributed by atoms with Gasteiger partial charge < -0.3 is 14.2 Å². The molecule has 2 fully saturated rings. The largest absolute Gasteiger partial charge is 0.497 e. The van der Waals surface area contributed by atoms with E-state index in [1.165, 1.54) is 7.11 Å². The molecule has 9 heteroatoms. The van der Waals surface area contributed by atoms with Gasteiger partial charge >= 0.3 is 12.1 Å². The van der Waals surface area contributed by atoms with Crippen LogP contribution in [0.2, 0.25) is 0 Å². The second kappa shape index (κ2) is 9.22. The molecular weight excluding hydrogens is 455 g/mol. The second-order valence-corrected chi connectivity index (χ2v) is 8.81. The summed E-state index contributed by atoms with van der Waals surface area (Å²) in [6, 6.07) is 6.81. The van der Waals surface area contributed by atoms with Crippen LogP contribution in [0, 0.1) is 5.92 Å². The number of benzene rings is 1. The topological polar surface area (TPSA) is 56.8 Å². The van der Waals surface area contributed by atoms with Crippen molar-refractivity contribution >= 4 is 21.9 Å². The van der Waals surface area contributed by atoms with Crippen molar-refractivity contribution < 1.29 is 32.2 Å². The van der Waals surface area contributed by atoms with Crippen molar-refractivity contribution in [3.05, 3.63) is 29.8 Å².